The number of hydrogen-bond acceptors (Lipinski definition) is 6. The molecule has 0 radical (unpaired) electrons. The number of carbonyl (C=O) groups is 3. The van der Waals surface area contributed by atoms with E-state index in [0.29, 0.717) is 28.6 Å². The Morgan fingerprint density at radius 1 is 1.19 bits per heavy atom. The molecule has 1 aliphatic heterocycles. The van der Waals surface area contributed by atoms with E-state index in [1.807, 2.05) is 26.0 Å². The number of likely N-dealkylation sites (tertiary alicyclic amines) is 1. The zero-order valence-corrected chi connectivity index (χ0v) is 21.6. The maximum absolute atomic E-state index is 13.7. The minimum Gasteiger partial charge on any atom is -0.384 e. The minimum atomic E-state index is -0.989. The zero-order valence-electron chi connectivity index (χ0n) is 20.9. The Bertz CT molecular complexity index is 1300. The van der Waals surface area contributed by atoms with Gasteiger partial charge in [0.15, 0.2) is 0 Å². The number of aryl methyl sites for hydroxylation is 1. The normalized spacial score (nSPS) is 17.6. The highest BCUT2D eigenvalue weighted by molar-refractivity contribution is 6.30. The number of anilines is 2. The lowest BCUT2D eigenvalue weighted by molar-refractivity contribution is -0.156. The molecule has 1 aromatic carbocycles. The van der Waals surface area contributed by atoms with Gasteiger partial charge in [0.05, 0.1) is 12.0 Å². The molecule has 1 unspecified atom stereocenters. The molecule has 4 amide bonds. The first-order valence-corrected chi connectivity index (χ1v) is 12.4. The van der Waals surface area contributed by atoms with Gasteiger partial charge in [0.2, 0.25) is 5.91 Å². The van der Waals surface area contributed by atoms with E-state index in [4.69, 9.17) is 17.3 Å². The summed E-state index contributed by atoms with van der Waals surface area (Å²) >= 11 is 6.14. The summed E-state index contributed by atoms with van der Waals surface area (Å²) in [6.07, 6.45) is 3.98. The Hall–Kier alpha value is -3.98. The Morgan fingerprint density at radius 2 is 1.92 bits per heavy atom. The van der Waals surface area contributed by atoms with Crippen LogP contribution in [0.5, 0.6) is 0 Å². The van der Waals surface area contributed by atoms with Gasteiger partial charge in [0.25, 0.3) is 5.91 Å². The van der Waals surface area contributed by atoms with Gasteiger partial charge in [-0.25, -0.2) is 9.78 Å². The van der Waals surface area contributed by atoms with Crippen LogP contribution >= 0.6 is 11.6 Å². The smallest absolute Gasteiger partial charge is 0.325 e. The predicted octanol–water partition coefficient (Wildman–Crippen LogP) is 3.91. The molecule has 3 heterocycles. The maximum Gasteiger partial charge on any atom is 0.325 e. The second kappa shape index (κ2) is 11.0. The van der Waals surface area contributed by atoms with Crippen molar-refractivity contribution in [1.29, 1.82) is 0 Å². The Kier molecular flexibility index (Phi) is 7.73. The van der Waals surface area contributed by atoms with Gasteiger partial charge >= 0.3 is 6.03 Å². The molecule has 37 heavy (non-hydrogen) atoms. The van der Waals surface area contributed by atoms with Gasteiger partial charge in [-0.05, 0) is 67.3 Å². The fraction of sp³-hybridized carbons (Fsp3) is 0.296. The highest BCUT2D eigenvalue weighted by atomic mass is 35.5. The maximum atomic E-state index is 13.7. The van der Waals surface area contributed by atoms with Gasteiger partial charge in [-0.3, -0.25) is 19.5 Å². The first-order chi connectivity index (χ1) is 17.7. The molecular weight excluding hydrogens is 492 g/mol. The van der Waals surface area contributed by atoms with Crippen LogP contribution in [0.3, 0.4) is 0 Å². The molecule has 2 aromatic heterocycles. The van der Waals surface area contributed by atoms with E-state index in [0.717, 1.165) is 16.0 Å². The lowest BCUT2D eigenvalue weighted by Gasteiger charge is -2.46. The third-order valence-corrected chi connectivity index (χ3v) is 6.75. The van der Waals surface area contributed by atoms with Crippen molar-refractivity contribution < 1.29 is 14.4 Å². The lowest BCUT2D eigenvalue weighted by Crippen LogP contribution is -2.70. The number of carbonyl (C=O) groups excluding carboxylic acids is 3. The number of rotatable bonds is 7. The number of nitrogen functional groups attached to an aromatic ring is 1. The predicted molar refractivity (Wildman–Crippen MR) is 142 cm³/mol. The summed E-state index contributed by atoms with van der Waals surface area (Å²) in [5.74, 6) is -1.19. The minimum absolute atomic E-state index is 0.252. The van der Waals surface area contributed by atoms with Crippen molar-refractivity contribution in [1.82, 2.24) is 20.2 Å². The molecule has 0 bridgehead atoms. The summed E-state index contributed by atoms with van der Waals surface area (Å²) < 4.78 is 0. The van der Waals surface area contributed by atoms with Crippen molar-refractivity contribution in [3.8, 4) is 0 Å². The average Bonchev–Trinajstić information content (AvgIpc) is 2.87. The number of nitrogens with zero attached hydrogens (tertiary/aromatic N) is 4. The molecule has 1 aliphatic rings. The first kappa shape index (κ1) is 26.1. The van der Waals surface area contributed by atoms with E-state index in [2.05, 4.69) is 15.3 Å². The fourth-order valence-electron chi connectivity index (χ4n) is 4.65. The second-order valence-corrected chi connectivity index (χ2v) is 9.51. The van der Waals surface area contributed by atoms with Gasteiger partial charge < -0.3 is 16.0 Å². The molecule has 192 valence electrons. The van der Waals surface area contributed by atoms with E-state index < -0.39 is 23.9 Å². The molecule has 10 heteroatoms. The molecule has 1 fully saturated rings. The first-order valence-electron chi connectivity index (χ1n) is 12.0. The standard InChI is InChI=1S/C27H29ClN6O3/c1-4-22(18-6-5-7-19(28)15-18)32-27(37)34-24(26(36)33(3)20-8-10-30-11-9-20)21(25(34)35)13-17-12-16(2)31-23(29)14-17/h5-12,14-15,21-22,24H,4,13H2,1-3H3,(H2,29,31)(H,32,37)/t21-,22?,24+/m1/s1. The fourth-order valence-corrected chi connectivity index (χ4v) is 4.85. The Labute approximate surface area is 220 Å². The molecule has 0 spiro atoms. The molecule has 3 N–H and O–H groups in total. The van der Waals surface area contributed by atoms with Crippen molar-refractivity contribution in [3.63, 3.8) is 0 Å². The summed E-state index contributed by atoms with van der Waals surface area (Å²) in [6.45, 7) is 3.73. The molecule has 1 saturated heterocycles. The number of likely N-dealkylation sites (N-methyl/N-ethyl adjacent to an activating group) is 1. The number of imide groups is 1. The van der Waals surface area contributed by atoms with E-state index in [1.54, 1.807) is 55.8 Å². The third kappa shape index (κ3) is 5.56. The Balaban J connectivity index is 1.61. The van der Waals surface area contributed by atoms with E-state index >= 15 is 0 Å². The molecule has 0 saturated carbocycles. The van der Waals surface area contributed by atoms with Crippen LogP contribution in [0.25, 0.3) is 0 Å². The number of nitrogens with one attached hydrogen (secondary N) is 1. The van der Waals surface area contributed by atoms with Gasteiger partial charge in [-0.1, -0.05) is 30.7 Å². The average molecular weight is 521 g/mol. The van der Waals surface area contributed by atoms with Crippen LogP contribution in [0, 0.1) is 12.8 Å². The number of pyridine rings is 2. The SMILES string of the molecule is CCC(NC(=O)N1C(=O)[C@H](Cc2cc(C)nc(N)c2)[C@H]1C(=O)N(C)c1ccncc1)c1cccc(Cl)c1. The molecule has 3 atom stereocenters. The number of β-lactam (4-membered cyclic amide) rings is 1. The highest BCUT2D eigenvalue weighted by Gasteiger charge is 2.55. The summed E-state index contributed by atoms with van der Waals surface area (Å²) in [5, 5.41) is 3.45. The zero-order chi connectivity index (χ0) is 26.7. The monoisotopic (exact) mass is 520 g/mol. The molecular formula is C27H29ClN6O3. The second-order valence-electron chi connectivity index (χ2n) is 9.07. The largest absolute Gasteiger partial charge is 0.384 e. The van der Waals surface area contributed by atoms with Crippen LogP contribution in [-0.2, 0) is 16.0 Å². The van der Waals surface area contributed by atoms with Crippen LogP contribution in [0.2, 0.25) is 5.02 Å². The number of aromatic nitrogens is 2. The third-order valence-electron chi connectivity index (χ3n) is 6.51. The molecule has 4 rings (SSSR count). The summed E-state index contributed by atoms with van der Waals surface area (Å²) in [4.78, 5) is 51.0. The van der Waals surface area contributed by atoms with Crippen LogP contribution < -0.4 is 16.0 Å². The topological polar surface area (TPSA) is 122 Å². The summed E-state index contributed by atoms with van der Waals surface area (Å²) in [6, 6.07) is 12.1. The van der Waals surface area contributed by atoms with E-state index in [-0.39, 0.29) is 18.4 Å². The lowest BCUT2D eigenvalue weighted by atomic mass is 9.81. The van der Waals surface area contributed by atoms with E-state index in [9.17, 15) is 14.4 Å². The van der Waals surface area contributed by atoms with Crippen LogP contribution in [0.4, 0.5) is 16.3 Å². The number of urea groups is 1. The van der Waals surface area contributed by atoms with Gasteiger partial charge in [-0.15, -0.1) is 0 Å². The van der Waals surface area contributed by atoms with Crippen molar-refractivity contribution >= 4 is 41.0 Å². The van der Waals surface area contributed by atoms with Gasteiger partial charge in [0.1, 0.15) is 11.9 Å². The number of benzene rings is 1. The molecule has 9 nitrogen and oxygen atoms in total. The summed E-state index contributed by atoms with van der Waals surface area (Å²) in [5.41, 5.74) is 8.80. The summed E-state index contributed by atoms with van der Waals surface area (Å²) in [7, 11) is 1.61. The number of amides is 4. The molecule has 0 aliphatic carbocycles. The van der Waals surface area contributed by atoms with Crippen molar-refractivity contribution in [3.05, 3.63) is 82.8 Å². The van der Waals surface area contributed by atoms with E-state index in [1.165, 1.54) is 4.90 Å². The molecule has 3 aromatic rings. The van der Waals surface area contributed by atoms with Gasteiger partial charge in [-0.2, -0.15) is 0 Å². The number of nitrogens with two attached hydrogens (primary N) is 1. The van der Waals surface area contributed by atoms with Crippen LogP contribution in [-0.4, -0.2) is 45.8 Å². The van der Waals surface area contributed by atoms with Crippen LogP contribution in [0.15, 0.2) is 60.9 Å². The van der Waals surface area contributed by atoms with Crippen LogP contribution in [0.1, 0.15) is 36.2 Å². The highest BCUT2D eigenvalue weighted by Crippen LogP contribution is 2.33. The van der Waals surface area contributed by atoms with Crippen molar-refractivity contribution in [2.24, 2.45) is 5.92 Å². The van der Waals surface area contributed by atoms with Gasteiger partial charge in [0, 0.05) is 35.8 Å². The quantitative estimate of drug-likeness (QED) is 0.455. The van der Waals surface area contributed by atoms with Crippen molar-refractivity contribution in [2.75, 3.05) is 17.7 Å². The Morgan fingerprint density at radius 3 is 2.57 bits per heavy atom. The number of halogens is 1. The van der Waals surface area contributed by atoms with Crippen molar-refractivity contribution in [2.45, 2.75) is 38.8 Å². The number of hydrogen-bond donors (Lipinski definition) is 2.